The summed E-state index contributed by atoms with van der Waals surface area (Å²) in [4.78, 5) is 22.9. The number of aryl methyl sites for hydroxylation is 1. The van der Waals surface area contributed by atoms with Gasteiger partial charge in [0, 0.05) is 6.07 Å². The molecule has 0 saturated carbocycles. The van der Waals surface area contributed by atoms with Crippen LogP contribution in [0.15, 0.2) is 54.9 Å². The Morgan fingerprint density at radius 2 is 2.00 bits per heavy atom. The Morgan fingerprint density at radius 3 is 2.68 bits per heavy atom. The Hall–Kier alpha value is -3.68. The predicted octanol–water partition coefficient (Wildman–Crippen LogP) is 2.92. The van der Waals surface area contributed by atoms with Gasteiger partial charge in [0.2, 0.25) is 0 Å². The van der Waals surface area contributed by atoms with Crippen molar-refractivity contribution in [3.8, 4) is 5.69 Å². The minimum atomic E-state index is -0.605. The Kier molecular flexibility index (Phi) is 4.17. The number of nitrogens with two attached hydrogens (primary N) is 1. The molecule has 1 aromatic heterocycles. The van der Waals surface area contributed by atoms with Crippen molar-refractivity contribution in [2.75, 3.05) is 11.1 Å². The number of para-hydroxylation sites is 1. The van der Waals surface area contributed by atoms with Crippen LogP contribution >= 0.6 is 0 Å². The molecule has 8 heteroatoms. The van der Waals surface area contributed by atoms with Gasteiger partial charge in [-0.1, -0.05) is 18.2 Å². The van der Waals surface area contributed by atoms with E-state index in [4.69, 9.17) is 5.73 Å². The Balaban J connectivity index is 1.86. The number of carbonyl (C=O) groups excluding carboxylic acids is 1. The number of nitrogens with one attached hydrogen (secondary N) is 1. The van der Waals surface area contributed by atoms with Crippen LogP contribution in [0.2, 0.25) is 0 Å². The molecule has 3 N–H and O–H groups in total. The molecule has 2 aromatic carbocycles. The van der Waals surface area contributed by atoms with Crippen molar-refractivity contribution in [3.05, 3.63) is 76.1 Å². The minimum Gasteiger partial charge on any atom is -0.393 e. The van der Waals surface area contributed by atoms with Crippen molar-refractivity contribution in [3.63, 3.8) is 0 Å². The molecule has 0 radical (unpaired) electrons. The quantitative estimate of drug-likeness (QED) is 0.431. The fraction of sp³-hybridized carbons (Fsp3) is 0.0588. The molecule has 0 bridgehead atoms. The van der Waals surface area contributed by atoms with Crippen LogP contribution in [-0.4, -0.2) is 20.6 Å². The van der Waals surface area contributed by atoms with Crippen LogP contribution in [0.4, 0.5) is 17.1 Å². The molecule has 3 rings (SSSR count). The minimum absolute atomic E-state index is 0.0548. The molecule has 0 saturated heterocycles. The van der Waals surface area contributed by atoms with Crippen molar-refractivity contribution in [2.24, 2.45) is 0 Å². The maximum absolute atomic E-state index is 12.5. The Bertz CT molecular complexity index is 950. The van der Waals surface area contributed by atoms with E-state index in [2.05, 4.69) is 10.4 Å². The van der Waals surface area contributed by atoms with E-state index in [-0.39, 0.29) is 16.9 Å². The van der Waals surface area contributed by atoms with Gasteiger partial charge in [-0.25, -0.2) is 4.68 Å². The molecule has 0 aliphatic heterocycles. The summed E-state index contributed by atoms with van der Waals surface area (Å²) < 4.78 is 1.61. The first-order chi connectivity index (χ1) is 12.0. The molecule has 0 spiro atoms. The normalized spacial score (nSPS) is 10.4. The van der Waals surface area contributed by atoms with Crippen molar-refractivity contribution in [2.45, 2.75) is 6.92 Å². The number of rotatable bonds is 4. The summed E-state index contributed by atoms with van der Waals surface area (Å²) in [5.74, 6) is -0.531. The third kappa shape index (κ3) is 3.32. The van der Waals surface area contributed by atoms with Crippen LogP contribution in [0.1, 0.15) is 15.9 Å². The van der Waals surface area contributed by atoms with Crippen molar-refractivity contribution in [1.82, 2.24) is 9.78 Å². The van der Waals surface area contributed by atoms with Crippen molar-refractivity contribution >= 4 is 23.0 Å². The smallest absolute Gasteiger partial charge is 0.293 e. The number of nitrogen functional groups attached to an aromatic ring is 1. The summed E-state index contributed by atoms with van der Waals surface area (Å²) in [6.45, 7) is 1.66. The lowest BCUT2D eigenvalue weighted by Crippen LogP contribution is -2.15. The summed E-state index contributed by atoms with van der Waals surface area (Å²) in [5, 5.41) is 17.9. The fourth-order valence-corrected chi connectivity index (χ4v) is 2.43. The SMILES string of the molecule is Cc1cc(C(=O)Nc2cnn(-c3ccccc3)c2)c(N)c([N+](=O)[O-])c1. The zero-order chi connectivity index (χ0) is 18.0. The lowest BCUT2D eigenvalue weighted by Gasteiger charge is -2.07. The summed E-state index contributed by atoms with van der Waals surface area (Å²) in [7, 11) is 0. The van der Waals surface area contributed by atoms with Crippen LogP contribution < -0.4 is 11.1 Å². The topological polar surface area (TPSA) is 116 Å². The molecule has 0 atom stereocenters. The lowest BCUT2D eigenvalue weighted by atomic mass is 10.1. The highest BCUT2D eigenvalue weighted by molar-refractivity contribution is 6.09. The van der Waals surface area contributed by atoms with Crippen LogP contribution in [0.3, 0.4) is 0 Å². The lowest BCUT2D eigenvalue weighted by molar-refractivity contribution is -0.384. The molecule has 0 unspecified atom stereocenters. The highest BCUT2D eigenvalue weighted by Crippen LogP contribution is 2.27. The zero-order valence-electron chi connectivity index (χ0n) is 13.3. The number of hydrogen-bond acceptors (Lipinski definition) is 5. The third-order valence-corrected chi connectivity index (χ3v) is 3.61. The van der Waals surface area contributed by atoms with E-state index in [9.17, 15) is 14.9 Å². The predicted molar refractivity (Wildman–Crippen MR) is 93.8 cm³/mol. The van der Waals surface area contributed by atoms with Crippen molar-refractivity contribution in [1.29, 1.82) is 0 Å². The van der Waals surface area contributed by atoms with E-state index in [1.807, 2.05) is 30.3 Å². The number of aromatic nitrogens is 2. The van der Waals surface area contributed by atoms with Crippen LogP contribution in [0, 0.1) is 17.0 Å². The van der Waals surface area contributed by atoms with Gasteiger partial charge in [-0.2, -0.15) is 5.10 Å². The van der Waals surface area contributed by atoms with E-state index < -0.39 is 10.8 Å². The van der Waals surface area contributed by atoms with Gasteiger partial charge in [0.25, 0.3) is 11.6 Å². The molecular weight excluding hydrogens is 322 g/mol. The Labute approximate surface area is 143 Å². The molecular formula is C17H15N5O3. The molecule has 1 heterocycles. The number of hydrogen-bond donors (Lipinski definition) is 2. The zero-order valence-corrected chi connectivity index (χ0v) is 13.3. The van der Waals surface area contributed by atoms with Gasteiger partial charge in [-0.15, -0.1) is 0 Å². The molecule has 0 aliphatic rings. The molecule has 126 valence electrons. The number of benzene rings is 2. The van der Waals surface area contributed by atoms with Gasteiger partial charge in [0.1, 0.15) is 5.69 Å². The summed E-state index contributed by atoms with van der Waals surface area (Å²) in [5.41, 5.74) is 7.26. The van der Waals surface area contributed by atoms with Crippen molar-refractivity contribution < 1.29 is 9.72 Å². The van der Waals surface area contributed by atoms with E-state index >= 15 is 0 Å². The number of amides is 1. The van der Waals surface area contributed by atoms with Crippen LogP contribution in [-0.2, 0) is 0 Å². The van der Waals surface area contributed by atoms with Gasteiger partial charge in [0.15, 0.2) is 0 Å². The van der Waals surface area contributed by atoms with Gasteiger partial charge in [-0.05, 0) is 30.7 Å². The van der Waals surface area contributed by atoms with Gasteiger partial charge in [0.05, 0.1) is 34.3 Å². The average Bonchev–Trinajstić information content (AvgIpc) is 3.05. The number of carbonyl (C=O) groups is 1. The highest BCUT2D eigenvalue weighted by Gasteiger charge is 2.21. The van der Waals surface area contributed by atoms with Crippen LogP contribution in [0.25, 0.3) is 5.69 Å². The standard InChI is InChI=1S/C17H15N5O3/c1-11-7-14(16(18)15(8-11)22(24)25)17(23)20-12-9-19-21(10-12)13-5-3-2-4-6-13/h2-10H,18H2,1H3,(H,20,23). The maximum Gasteiger partial charge on any atom is 0.293 e. The first-order valence-corrected chi connectivity index (χ1v) is 7.41. The average molecular weight is 337 g/mol. The van der Waals surface area contributed by atoms with E-state index in [1.165, 1.54) is 18.3 Å². The number of anilines is 2. The summed E-state index contributed by atoms with van der Waals surface area (Å²) in [6.07, 6.45) is 3.14. The second kappa shape index (κ2) is 6.44. The van der Waals surface area contributed by atoms with Crippen LogP contribution in [0.5, 0.6) is 0 Å². The first kappa shape index (κ1) is 16.2. The molecule has 25 heavy (non-hydrogen) atoms. The van der Waals surface area contributed by atoms with E-state index in [1.54, 1.807) is 17.8 Å². The Morgan fingerprint density at radius 1 is 1.28 bits per heavy atom. The van der Waals surface area contributed by atoms with E-state index in [0.717, 1.165) is 5.69 Å². The second-order valence-corrected chi connectivity index (χ2v) is 5.47. The van der Waals surface area contributed by atoms with E-state index in [0.29, 0.717) is 11.3 Å². The van der Waals surface area contributed by atoms with Gasteiger partial charge < -0.3 is 11.1 Å². The molecule has 8 nitrogen and oxygen atoms in total. The van der Waals surface area contributed by atoms with Gasteiger partial charge in [-0.3, -0.25) is 14.9 Å². The molecule has 0 fully saturated rings. The molecule has 0 aliphatic carbocycles. The number of nitro benzene ring substituents is 1. The number of nitro groups is 1. The fourth-order valence-electron chi connectivity index (χ4n) is 2.43. The maximum atomic E-state index is 12.5. The largest absolute Gasteiger partial charge is 0.393 e. The van der Waals surface area contributed by atoms with Gasteiger partial charge >= 0.3 is 0 Å². The first-order valence-electron chi connectivity index (χ1n) is 7.41. The monoisotopic (exact) mass is 337 g/mol. The summed E-state index contributed by atoms with van der Waals surface area (Å²) in [6, 6.07) is 12.2. The number of nitrogens with zero attached hydrogens (tertiary/aromatic N) is 3. The molecule has 3 aromatic rings. The summed E-state index contributed by atoms with van der Waals surface area (Å²) >= 11 is 0. The highest BCUT2D eigenvalue weighted by atomic mass is 16.6. The molecule has 1 amide bonds. The second-order valence-electron chi connectivity index (χ2n) is 5.47. The third-order valence-electron chi connectivity index (χ3n) is 3.61.